The molecule has 116 valence electrons. The number of hydrogen-bond acceptors (Lipinski definition) is 2. The molecule has 0 aromatic carbocycles. The first-order valence-electron chi connectivity index (χ1n) is 8.02. The van der Waals surface area contributed by atoms with Crippen molar-refractivity contribution in [1.82, 2.24) is 9.47 Å². The third-order valence-electron chi connectivity index (χ3n) is 4.91. The highest BCUT2D eigenvalue weighted by Gasteiger charge is 2.34. The lowest BCUT2D eigenvalue weighted by Gasteiger charge is -2.39. The van der Waals surface area contributed by atoms with Crippen LogP contribution in [0.4, 0.5) is 0 Å². The highest BCUT2D eigenvalue weighted by atomic mass is 79.9. The molecular formula is C16H24BrN3O. The summed E-state index contributed by atoms with van der Waals surface area (Å²) in [5, 5.41) is 0. The predicted octanol–water partition coefficient (Wildman–Crippen LogP) is 3.18. The molecule has 2 heterocycles. The summed E-state index contributed by atoms with van der Waals surface area (Å²) < 4.78 is 3.14. The number of hydrogen-bond donors (Lipinski definition) is 1. The molecule has 0 spiro atoms. The second-order valence-electron chi connectivity index (χ2n) is 6.37. The molecule has 2 N–H and O–H groups in total. The molecular weight excluding hydrogens is 330 g/mol. The molecule has 1 aliphatic heterocycles. The van der Waals surface area contributed by atoms with E-state index in [1.54, 1.807) is 0 Å². The molecule has 1 aliphatic carbocycles. The van der Waals surface area contributed by atoms with E-state index in [1.165, 1.54) is 19.3 Å². The molecule has 1 amide bonds. The fourth-order valence-corrected chi connectivity index (χ4v) is 3.85. The molecule has 21 heavy (non-hydrogen) atoms. The number of piperidine rings is 1. The Bertz CT molecular complexity index is 524. The van der Waals surface area contributed by atoms with Crippen molar-refractivity contribution in [3.63, 3.8) is 0 Å². The minimum atomic E-state index is 0.151. The number of carbonyl (C=O) groups excluding carboxylic acids is 1. The summed E-state index contributed by atoms with van der Waals surface area (Å²) in [6.07, 6.45) is 7.73. The van der Waals surface area contributed by atoms with E-state index < -0.39 is 0 Å². The van der Waals surface area contributed by atoms with Gasteiger partial charge in [0.1, 0.15) is 5.69 Å². The van der Waals surface area contributed by atoms with Crippen LogP contribution in [0.1, 0.15) is 55.6 Å². The lowest BCUT2D eigenvalue weighted by atomic mass is 9.88. The Kier molecular flexibility index (Phi) is 4.41. The molecule has 2 aliphatic rings. The SMILES string of the molecule is CCC1CCN(C(=O)c2cc(Br)cn2C2CC2)C(CN)C1. The Morgan fingerprint density at radius 1 is 1.43 bits per heavy atom. The van der Waals surface area contributed by atoms with Gasteiger partial charge in [0.2, 0.25) is 0 Å². The number of halogens is 1. The van der Waals surface area contributed by atoms with Crippen LogP contribution < -0.4 is 5.73 Å². The maximum atomic E-state index is 13.0. The Morgan fingerprint density at radius 2 is 2.19 bits per heavy atom. The van der Waals surface area contributed by atoms with Crippen molar-refractivity contribution in [2.45, 2.75) is 51.1 Å². The first-order chi connectivity index (χ1) is 10.1. The van der Waals surface area contributed by atoms with Crippen LogP contribution in [0.15, 0.2) is 16.7 Å². The Labute approximate surface area is 134 Å². The van der Waals surface area contributed by atoms with Gasteiger partial charge in [-0.05, 0) is 53.6 Å². The standard InChI is InChI=1S/C16H24BrN3O/c1-2-11-5-6-19(14(7-11)9-18)16(21)15-8-12(17)10-20(15)13-3-4-13/h8,10-11,13-14H,2-7,9,18H2,1H3. The molecule has 1 saturated carbocycles. The van der Waals surface area contributed by atoms with Gasteiger partial charge in [-0.1, -0.05) is 13.3 Å². The first kappa shape index (κ1) is 15.1. The van der Waals surface area contributed by atoms with Crippen LogP contribution in [-0.2, 0) is 0 Å². The van der Waals surface area contributed by atoms with Gasteiger partial charge in [-0.3, -0.25) is 4.79 Å². The number of likely N-dealkylation sites (tertiary alicyclic amines) is 1. The number of aromatic nitrogens is 1. The fraction of sp³-hybridized carbons (Fsp3) is 0.688. The Morgan fingerprint density at radius 3 is 2.81 bits per heavy atom. The molecule has 4 nitrogen and oxygen atoms in total. The summed E-state index contributed by atoms with van der Waals surface area (Å²) in [4.78, 5) is 15.0. The molecule has 3 rings (SSSR count). The van der Waals surface area contributed by atoms with Gasteiger partial charge in [-0.2, -0.15) is 0 Å². The zero-order valence-electron chi connectivity index (χ0n) is 12.6. The van der Waals surface area contributed by atoms with E-state index in [4.69, 9.17) is 5.73 Å². The van der Waals surface area contributed by atoms with Crippen LogP contribution in [0.5, 0.6) is 0 Å². The number of nitrogens with two attached hydrogens (primary N) is 1. The van der Waals surface area contributed by atoms with Crippen molar-refractivity contribution in [3.05, 3.63) is 22.4 Å². The van der Waals surface area contributed by atoms with Crippen molar-refractivity contribution in [2.75, 3.05) is 13.1 Å². The Balaban J connectivity index is 1.81. The van der Waals surface area contributed by atoms with Crippen molar-refractivity contribution in [3.8, 4) is 0 Å². The maximum Gasteiger partial charge on any atom is 0.270 e. The third kappa shape index (κ3) is 3.04. The van der Waals surface area contributed by atoms with E-state index in [9.17, 15) is 4.79 Å². The van der Waals surface area contributed by atoms with E-state index in [1.807, 2.05) is 17.2 Å². The van der Waals surface area contributed by atoms with E-state index in [2.05, 4.69) is 27.4 Å². The molecule has 1 saturated heterocycles. The van der Waals surface area contributed by atoms with Gasteiger partial charge in [-0.25, -0.2) is 0 Å². The average molecular weight is 354 g/mol. The monoisotopic (exact) mass is 353 g/mol. The van der Waals surface area contributed by atoms with Gasteiger partial charge in [0.25, 0.3) is 5.91 Å². The smallest absolute Gasteiger partial charge is 0.270 e. The minimum Gasteiger partial charge on any atom is -0.339 e. The number of nitrogens with zero attached hydrogens (tertiary/aromatic N) is 2. The number of rotatable bonds is 4. The molecule has 1 aromatic heterocycles. The lowest BCUT2D eigenvalue weighted by Crippen LogP contribution is -2.49. The number of carbonyl (C=O) groups is 1. The molecule has 5 heteroatoms. The van der Waals surface area contributed by atoms with Crippen molar-refractivity contribution in [2.24, 2.45) is 11.7 Å². The van der Waals surface area contributed by atoms with Gasteiger partial charge >= 0.3 is 0 Å². The van der Waals surface area contributed by atoms with Crippen LogP contribution >= 0.6 is 15.9 Å². The minimum absolute atomic E-state index is 0.151. The summed E-state index contributed by atoms with van der Waals surface area (Å²) >= 11 is 3.51. The molecule has 0 radical (unpaired) electrons. The summed E-state index contributed by atoms with van der Waals surface area (Å²) in [7, 11) is 0. The van der Waals surface area contributed by atoms with Crippen molar-refractivity contribution in [1.29, 1.82) is 0 Å². The highest BCUT2D eigenvalue weighted by molar-refractivity contribution is 9.10. The van der Waals surface area contributed by atoms with Crippen molar-refractivity contribution >= 4 is 21.8 Å². The van der Waals surface area contributed by atoms with Crippen LogP contribution in [0.25, 0.3) is 0 Å². The van der Waals surface area contributed by atoms with Gasteiger partial charge < -0.3 is 15.2 Å². The summed E-state index contributed by atoms with van der Waals surface area (Å²) in [6, 6.07) is 2.66. The van der Waals surface area contributed by atoms with Gasteiger partial charge in [0.15, 0.2) is 0 Å². The van der Waals surface area contributed by atoms with Crippen LogP contribution in [0.3, 0.4) is 0 Å². The maximum absolute atomic E-state index is 13.0. The second-order valence-corrected chi connectivity index (χ2v) is 7.28. The van der Waals surface area contributed by atoms with Crippen molar-refractivity contribution < 1.29 is 4.79 Å². The normalized spacial score (nSPS) is 26.1. The Hall–Kier alpha value is -0.810. The van der Waals surface area contributed by atoms with E-state index in [0.717, 1.165) is 29.6 Å². The molecule has 2 fully saturated rings. The van der Waals surface area contributed by atoms with Crippen LogP contribution in [0.2, 0.25) is 0 Å². The molecule has 1 aromatic rings. The summed E-state index contributed by atoms with van der Waals surface area (Å²) in [5.41, 5.74) is 6.75. The average Bonchev–Trinajstić information content (AvgIpc) is 3.28. The summed E-state index contributed by atoms with van der Waals surface area (Å²) in [5.74, 6) is 0.863. The predicted molar refractivity (Wildman–Crippen MR) is 87.3 cm³/mol. The second kappa shape index (κ2) is 6.13. The van der Waals surface area contributed by atoms with Crippen LogP contribution in [0, 0.1) is 5.92 Å². The molecule has 0 bridgehead atoms. The van der Waals surface area contributed by atoms with Gasteiger partial charge in [0, 0.05) is 35.8 Å². The number of amides is 1. The van der Waals surface area contributed by atoms with Crippen LogP contribution in [-0.4, -0.2) is 34.5 Å². The van der Waals surface area contributed by atoms with Gasteiger partial charge in [0.05, 0.1) is 0 Å². The zero-order chi connectivity index (χ0) is 15.0. The third-order valence-corrected chi connectivity index (χ3v) is 5.34. The fourth-order valence-electron chi connectivity index (χ4n) is 3.41. The highest BCUT2D eigenvalue weighted by Crippen LogP contribution is 2.38. The molecule has 2 atom stereocenters. The first-order valence-corrected chi connectivity index (χ1v) is 8.81. The largest absolute Gasteiger partial charge is 0.339 e. The lowest BCUT2D eigenvalue weighted by molar-refractivity contribution is 0.0547. The van der Waals surface area contributed by atoms with E-state index >= 15 is 0 Å². The zero-order valence-corrected chi connectivity index (χ0v) is 14.2. The summed E-state index contributed by atoms with van der Waals surface area (Å²) in [6.45, 7) is 3.63. The van der Waals surface area contributed by atoms with Gasteiger partial charge in [-0.15, -0.1) is 0 Å². The topological polar surface area (TPSA) is 51.3 Å². The van der Waals surface area contributed by atoms with E-state index in [-0.39, 0.29) is 11.9 Å². The van der Waals surface area contributed by atoms with E-state index in [0.29, 0.717) is 18.5 Å². The molecule has 2 unspecified atom stereocenters. The quantitative estimate of drug-likeness (QED) is 0.903.